The molecular weight excluding hydrogens is 546 g/mol. The molecular formula is C33H37N5O5. The van der Waals surface area contributed by atoms with E-state index in [2.05, 4.69) is 40.3 Å². The molecule has 0 bridgehead atoms. The molecule has 1 aromatic carbocycles. The van der Waals surface area contributed by atoms with Gasteiger partial charge in [0.15, 0.2) is 17.6 Å². The number of fused-ring (bicyclic) bond motifs is 1. The van der Waals surface area contributed by atoms with Crippen molar-refractivity contribution < 1.29 is 23.4 Å². The number of nitrogens with one attached hydrogen (secondary N) is 1. The van der Waals surface area contributed by atoms with Gasteiger partial charge >= 0.3 is 0 Å². The monoisotopic (exact) mass is 583 g/mol. The summed E-state index contributed by atoms with van der Waals surface area (Å²) >= 11 is 0. The topological polar surface area (TPSA) is 123 Å². The maximum absolute atomic E-state index is 11.1. The van der Waals surface area contributed by atoms with E-state index in [-0.39, 0.29) is 6.10 Å². The van der Waals surface area contributed by atoms with Crippen LogP contribution in [0, 0.1) is 11.3 Å². The zero-order valence-electron chi connectivity index (χ0n) is 24.8. The summed E-state index contributed by atoms with van der Waals surface area (Å²) in [7, 11) is 5.75. The fourth-order valence-electron chi connectivity index (χ4n) is 5.31. The van der Waals surface area contributed by atoms with Gasteiger partial charge in [0.25, 0.3) is 0 Å². The molecule has 5 heterocycles. The van der Waals surface area contributed by atoms with Crippen LogP contribution in [0.2, 0.25) is 0 Å². The lowest BCUT2D eigenvalue weighted by molar-refractivity contribution is 0.0254. The predicted octanol–water partition coefficient (Wildman–Crippen LogP) is 5.11. The molecule has 0 radical (unpaired) electrons. The number of aldehydes is 1. The van der Waals surface area contributed by atoms with E-state index in [1.807, 2.05) is 18.2 Å². The maximum atomic E-state index is 11.1. The first-order valence-electron chi connectivity index (χ1n) is 14.6. The highest BCUT2D eigenvalue weighted by atomic mass is 16.5. The molecule has 10 heteroatoms. The molecule has 10 nitrogen and oxygen atoms in total. The Kier molecular flexibility index (Phi) is 10.00. The van der Waals surface area contributed by atoms with Crippen molar-refractivity contribution in [1.82, 2.24) is 20.2 Å². The highest BCUT2D eigenvalue weighted by Crippen LogP contribution is 2.37. The smallest absolute Gasteiger partial charge is 0.161 e. The third-order valence-electron chi connectivity index (χ3n) is 7.87. The number of piperidine rings is 1. The quantitative estimate of drug-likeness (QED) is 0.294. The van der Waals surface area contributed by atoms with E-state index >= 15 is 0 Å². The minimum atomic E-state index is 0.0417. The number of likely N-dealkylation sites (tertiary alicyclic amines) is 1. The highest BCUT2D eigenvalue weighted by molar-refractivity contribution is 5.93. The van der Waals surface area contributed by atoms with E-state index in [9.17, 15) is 10.1 Å². The zero-order chi connectivity index (χ0) is 30.2. The van der Waals surface area contributed by atoms with Gasteiger partial charge in [-0.2, -0.15) is 5.26 Å². The van der Waals surface area contributed by atoms with Gasteiger partial charge in [0.1, 0.15) is 34.9 Å². The van der Waals surface area contributed by atoms with Gasteiger partial charge in [-0.3, -0.25) is 9.78 Å². The summed E-state index contributed by atoms with van der Waals surface area (Å²) in [5, 5.41) is 13.0. The molecule has 6 rings (SSSR count). The molecule has 0 atom stereocenters. The van der Waals surface area contributed by atoms with Crippen molar-refractivity contribution in [2.45, 2.75) is 37.8 Å². The number of carbonyl (C=O) groups excluding carboxylic acids is 1. The second kappa shape index (κ2) is 14.2. The number of hydrogen-bond acceptors (Lipinski definition) is 10. The van der Waals surface area contributed by atoms with Crippen LogP contribution in [0.15, 0.2) is 53.2 Å². The average molecular weight is 584 g/mol. The molecule has 0 amide bonds. The third-order valence-corrected chi connectivity index (χ3v) is 7.87. The number of methoxy groups -OCH3 is 1. The van der Waals surface area contributed by atoms with E-state index in [0.29, 0.717) is 64.7 Å². The molecule has 2 saturated heterocycles. The Hall–Kier alpha value is -4.30. The summed E-state index contributed by atoms with van der Waals surface area (Å²) in [6.45, 7) is 3.84. The molecule has 3 aromatic heterocycles. The molecule has 43 heavy (non-hydrogen) atoms. The molecule has 4 aromatic rings. The lowest BCUT2D eigenvalue weighted by Gasteiger charge is -2.28. The molecule has 224 valence electrons. The maximum Gasteiger partial charge on any atom is 0.161 e. The van der Waals surface area contributed by atoms with Crippen LogP contribution in [-0.2, 0) is 4.74 Å². The van der Waals surface area contributed by atoms with Crippen molar-refractivity contribution in [3.05, 3.63) is 59.9 Å². The van der Waals surface area contributed by atoms with Crippen molar-refractivity contribution >= 4 is 17.4 Å². The molecule has 2 aliphatic heterocycles. The summed E-state index contributed by atoms with van der Waals surface area (Å²) in [4.78, 5) is 22.2. The fourth-order valence-corrected chi connectivity index (χ4v) is 5.31. The number of rotatable bonds is 7. The average Bonchev–Trinajstić information content (AvgIpc) is 3.50. The number of benzene rings is 1. The number of carbonyl (C=O) groups is 1. The first-order valence-corrected chi connectivity index (χ1v) is 14.6. The number of hydrogen-bond donors (Lipinski definition) is 1. The van der Waals surface area contributed by atoms with E-state index in [4.69, 9.17) is 18.6 Å². The normalized spacial score (nSPS) is 16.2. The van der Waals surface area contributed by atoms with Crippen LogP contribution in [0.25, 0.3) is 33.7 Å². The van der Waals surface area contributed by atoms with Crippen molar-refractivity contribution in [1.29, 1.82) is 5.26 Å². The number of nitrogens with zero attached hydrogens (tertiary/aromatic N) is 4. The lowest BCUT2D eigenvalue weighted by Crippen LogP contribution is -2.39. The second-order valence-corrected chi connectivity index (χ2v) is 10.7. The van der Waals surface area contributed by atoms with Gasteiger partial charge in [0.2, 0.25) is 0 Å². The van der Waals surface area contributed by atoms with E-state index in [0.717, 1.165) is 30.0 Å². The highest BCUT2D eigenvalue weighted by Gasteiger charge is 2.20. The summed E-state index contributed by atoms with van der Waals surface area (Å²) in [5.41, 5.74) is 4.11. The Balaban J connectivity index is 0.000000351. The Morgan fingerprint density at radius 1 is 1.07 bits per heavy atom. The Bertz CT molecular complexity index is 1580. The van der Waals surface area contributed by atoms with E-state index in [1.54, 1.807) is 24.4 Å². The zero-order valence-corrected chi connectivity index (χ0v) is 24.8. The Morgan fingerprint density at radius 2 is 1.86 bits per heavy atom. The first kappa shape index (κ1) is 30.2. The molecule has 0 spiro atoms. The fraction of sp³-hybridized carbons (Fsp3) is 0.394. The second-order valence-electron chi connectivity index (χ2n) is 10.7. The van der Waals surface area contributed by atoms with Gasteiger partial charge in [-0.05, 0) is 69.9 Å². The van der Waals surface area contributed by atoms with Crippen LogP contribution >= 0.6 is 0 Å². The molecule has 2 fully saturated rings. The number of pyridine rings is 2. The van der Waals surface area contributed by atoms with Gasteiger partial charge in [-0.25, -0.2) is 4.98 Å². The van der Waals surface area contributed by atoms with Gasteiger partial charge in [0.05, 0.1) is 25.9 Å². The van der Waals surface area contributed by atoms with Crippen LogP contribution in [0.1, 0.15) is 41.6 Å². The minimum Gasteiger partial charge on any atom is -0.494 e. The number of aromatic nitrogens is 2. The Morgan fingerprint density at radius 3 is 2.56 bits per heavy atom. The third kappa shape index (κ3) is 7.20. The molecule has 1 N–H and O–H groups in total. The Labute approximate surface area is 251 Å². The SMILES string of the molecule is CNC1CCN(C)CC1.COc1cc(C=O)cnc1-c1cc2nccc(-c3ccc(OC4CCOCC4)c(C#N)c3)c2o1. The largest absolute Gasteiger partial charge is 0.494 e. The number of furan rings is 1. The van der Waals surface area contributed by atoms with Gasteiger partial charge < -0.3 is 28.8 Å². The summed E-state index contributed by atoms with van der Waals surface area (Å²) in [6, 6.07) is 13.8. The van der Waals surface area contributed by atoms with Crippen LogP contribution in [0.5, 0.6) is 11.5 Å². The van der Waals surface area contributed by atoms with Crippen LogP contribution < -0.4 is 14.8 Å². The first-order chi connectivity index (χ1) is 21.0. The predicted molar refractivity (Wildman–Crippen MR) is 163 cm³/mol. The van der Waals surface area contributed by atoms with Gasteiger partial charge in [0, 0.05) is 48.5 Å². The molecule has 0 unspecified atom stereocenters. The van der Waals surface area contributed by atoms with Crippen LogP contribution in [-0.4, -0.2) is 80.8 Å². The molecule has 0 saturated carbocycles. The number of nitriles is 1. The summed E-state index contributed by atoms with van der Waals surface area (Å²) < 4.78 is 23.0. The lowest BCUT2D eigenvalue weighted by atomic mass is 10.0. The standard InChI is InChI=1S/C26H21N3O5.C7H16N2/c1-31-23-10-16(15-30)14-29-25(23)24-12-21-26(34-24)20(4-7-28-21)17-2-3-22(18(11-17)13-27)33-19-5-8-32-9-6-19;1-8-7-3-5-9(2)6-4-7/h2-4,7,10-12,14-15,19H,5-6,8-9H2,1H3;7-8H,3-6H2,1-2H3. The minimum absolute atomic E-state index is 0.0417. The van der Waals surface area contributed by atoms with Crippen molar-refractivity contribution in [2.75, 3.05) is 47.5 Å². The van der Waals surface area contributed by atoms with Gasteiger partial charge in [-0.1, -0.05) is 6.07 Å². The van der Waals surface area contributed by atoms with Gasteiger partial charge in [-0.15, -0.1) is 0 Å². The van der Waals surface area contributed by atoms with Crippen LogP contribution in [0.4, 0.5) is 0 Å². The summed E-state index contributed by atoms with van der Waals surface area (Å²) in [6.07, 6.45) is 8.13. The molecule has 2 aliphatic rings. The van der Waals surface area contributed by atoms with E-state index in [1.165, 1.54) is 39.2 Å². The van der Waals surface area contributed by atoms with E-state index < -0.39 is 0 Å². The van der Waals surface area contributed by atoms with Crippen molar-refractivity contribution in [3.8, 4) is 40.1 Å². The van der Waals surface area contributed by atoms with Crippen molar-refractivity contribution in [2.24, 2.45) is 0 Å². The summed E-state index contributed by atoms with van der Waals surface area (Å²) in [5.74, 6) is 1.45. The van der Waals surface area contributed by atoms with Crippen LogP contribution in [0.3, 0.4) is 0 Å². The number of ether oxygens (including phenoxy) is 3. The van der Waals surface area contributed by atoms with Crippen molar-refractivity contribution in [3.63, 3.8) is 0 Å². The molecule has 0 aliphatic carbocycles.